The highest BCUT2D eigenvalue weighted by molar-refractivity contribution is 4.99. The summed E-state index contributed by atoms with van der Waals surface area (Å²) in [5.74, 6) is 0.557. The molecule has 0 aromatic rings. The minimum atomic E-state index is -0.0481. The lowest BCUT2D eigenvalue weighted by Crippen LogP contribution is -2.43. The molecule has 0 spiro atoms. The van der Waals surface area contributed by atoms with E-state index < -0.39 is 0 Å². The van der Waals surface area contributed by atoms with Crippen LogP contribution in [0.5, 0.6) is 0 Å². The van der Waals surface area contributed by atoms with Crippen molar-refractivity contribution in [2.75, 3.05) is 14.2 Å². The van der Waals surface area contributed by atoms with Crippen molar-refractivity contribution in [1.29, 1.82) is 0 Å². The van der Waals surface area contributed by atoms with Gasteiger partial charge in [-0.15, -0.1) is 0 Å². The molecule has 0 amide bonds. The normalized spacial score (nSPS) is 29.2. The number of hydrogen-bond donors (Lipinski definition) is 1. The van der Waals surface area contributed by atoms with Gasteiger partial charge in [-0.1, -0.05) is 0 Å². The van der Waals surface area contributed by atoms with Crippen LogP contribution in [0.3, 0.4) is 0 Å². The first-order valence-electron chi connectivity index (χ1n) is 7.12. The zero-order valence-electron chi connectivity index (χ0n) is 13.2. The predicted molar refractivity (Wildman–Crippen MR) is 75.9 cm³/mol. The van der Waals surface area contributed by atoms with Crippen LogP contribution in [0.1, 0.15) is 53.9 Å². The van der Waals surface area contributed by atoms with Gasteiger partial charge in [0.2, 0.25) is 0 Å². The zero-order chi connectivity index (χ0) is 14.0. The third-order valence-corrected chi connectivity index (χ3v) is 4.29. The van der Waals surface area contributed by atoms with Crippen LogP contribution >= 0.6 is 0 Å². The van der Waals surface area contributed by atoms with E-state index in [1.165, 1.54) is 0 Å². The lowest BCUT2D eigenvalue weighted by atomic mass is 9.80. The molecule has 1 aliphatic rings. The molecule has 0 aromatic carbocycles. The van der Waals surface area contributed by atoms with E-state index in [4.69, 9.17) is 9.47 Å². The predicted octanol–water partition coefficient (Wildman–Crippen LogP) is 2.98. The molecule has 1 rings (SSSR count). The molecule has 0 aliphatic carbocycles. The molecule has 1 aliphatic heterocycles. The van der Waals surface area contributed by atoms with Gasteiger partial charge in [0.1, 0.15) is 0 Å². The lowest BCUT2D eigenvalue weighted by Gasteiger charge is -2.33. The fourth-order valence-corrected chi connectivity index (χ4v) is 3.31. The van der Waals surface area contributed by atoms with Crippen molar-refractivity contribution in [3.63, 3.8) is 0 Å². The van der Waals surface area contributed by atoms with Crippen LogP contribution < -0.4 is 5.32 Å². The second kappa shape index (κ2) is 5.89. The molecule has 1 saturated heterocycles. The van der Waals surface area contributed by atoms with Crippen LogP contribution in [-0.4, -0.2) is 37.5 Å². The number of rotatable bonds is 6. The van der Waals surface area contributed by atoms with Crippen molar-refractivity contribution in [1.82, 2.24) is 5.32 Å². The van der Waals surface area contributed by atoms with Crippen LogP contribution in [0.4, 0.5) is 0 Å². The summed E-state index contributed by atoms with van der Waals surface area (Å²) >= 11 is 0. The van der Waals surface area contributed by atoms with E-state index in [2.05, 4.69) is 47.0 Å². The molecular formula is C15H31NO2. The van der Waals surface area contributed by atoms with E-state index >= 15 is 0 Å². The average molecular weight is 257 g/mol. The van der Waals surface area contributed by atoms with Crippen LogP contribution in [0.25, 0.3) is 0 Å². The summed E-state index contributed by atoms with van der Waals surface area (Å²) in [4.78, 5) is 0. The Balaban J connectivity index is 2.64. The first-order chi connectivity index (χ1) is 8.22. The highest BCUT2D eigenvalue weighted by Gasteiger charge is 2.48. The van der Waals surface area contributed by atoms with Crippen LogP contribution in [0, 0.1) is 5.92 Å². The Morgan fingerprint density at radius 1 is 1.28 bits per heavy atom. The molecule has 1 N–H and O–H groups in total. The topological polar surface area (TPSA) is 30.5 Å². The first kappa shape index (κ1) is 15.9. The maximum atomic E-state index is 6.19. The van der Waals surface area contributed by atoms with Gasteiger partial charge in [-0.3, -0.25) is 0 Å². The Kier molecular flexibility index (Phi) is 5.22. The van der Waals surface area contributed by atoms with Crippen molar-refractivity contribution in [3.8, 4) is 0 Å². The summed E-state index contributed by atoms with van der Waals surface area (Å²) in [6.07, 6.45) is 3.68. The molecule has 0 saturated carbocycles. The van der Waals surface area contributed by atoms with Gasteiger partial charge in [-0.05, 0) is 60.9 Å². The fourth-order valence-electron chi connectivity index (χ4n) is 3.31. The molecule has 1 fully saturated rings. The van der Waals surface area contributed by atoms with Crippen LogP contribution in [0.2, 0.25) is 0 Å². The van der Waals surface area contributed by atoms with E-state index in [-0.39, 0.29) is 11.2 Å². The molecule has 0 aromatic heterocycles. The van der Waals surface area contributed by atoms with Crippen molar-refractivity contribution >= 4 is 0 Å². The van der Waals surface area contributed by atoms with E-state index in [0.29, 0.717) is 18.1 Å². The Morgan fingerprint density at radius 3 is 2.28 bits per heavy atom. The van der Waals surface area contributed by atoms with E-state index in [9.17, 15) is 0 Å². The van der Waals surface area contributed by atoms with Crippen LogP contribution in [0.15, 0.2) is 0 Å². The van der Waals surface area contributed by atoms with Gasteiger partial charge in [-0.2, -0.15) is 0 Å². The first-order valence-corrected chi connectivity index (χ1v) is 7.12. The number of hydrogen-bond acceptors (Lipinski definition) is 3. The quantitative estimate of drug-likeness (QED) is 0.793. The summed E-state index contributed by atoms with van der Waals surface area (Å²) in [6.45, 7) is 11.0. The Morgan fingerprint density at radius 2 is 1.89 bits per heavy atom. The lowest BCUT2D eigenvalue weighted by molar-refractivity contribution is -0.0780. The van der Waals surface area contributed by atoms with Gasteiger partial charge >= 0.3 is 0 Å². The Bertz CT molecular complexity index is 263. The molecule has 1 heterocycles. The van der Waals surface area contributed by atoms with E-state index in [1.54, 1.807) is 7.11 Å². The SMILES string of the molecule is CNC(CCC(C)OC)C1CC(C)(C)OC1(C)C. The molecule has 3 heteroatoms. The summed E-state index contributed by atoms with van der Waals surface area (Å²) in [5.41, 5.74) is -0.0520. The molecule has 0 radical (unpaired) electrons. The standard InChI is InChI=1S/C15H31NO2/c1-11(17-7)8-9-13(16-6)12-10-14(2,3)18-15(12,4)5/h11-13,16H,8-10H2,1-7H3. The molecular weight excluding hydrogens is 226 g/mol. The smallest absolute Gasteiger partial charge is 0.0677 e. The second-order valence-electron chi connectivity index (χ2n) is 6.79. The Labute approximate surface area is 113 Å². The van der Waals surface area contributed by atoms with Gasteiger partial charge in [-0.25, -0.2) is 0 Å². The summed E-state index contributed by atoms with van der Waals surface area (Å²) in [5, 5.41) is 3.48. The molecule has 3 atom stereocenters. The maximum Gasteiger partial charge on any atom is 0.0677 e. The van der Waals surface area contributed by atoms with Crippen LogP contribution in [-0.2, 0) is 9.47 Å². The summed E-state index contributed by atoms with van der Waals surface area (Å²) < 4.78 is 11.5. The van der Waals surface area contributed by atoms with Crippen molar-refractivity contribution in [3.05, 3.63) is 0 Å². The number of ether oxygens (including phenoxy) is 2. The second-order valence-corrected chi connectivity index (χ2v) is 6.79. The largest absolute Gasteiger partial charge is 0.382 e. The average Bonchev–Trinajstić information content (AvgIpc) is 2.47. The molecule has 3 nitrogen and oxygen atoms in total. The fraction of sp³-hybridized carbons (Fsp3) is 1.00. The van der Waals surface area contributed by atoms with E-state index in [1.807, 2.05) is 0 Å². The van der Waals surface area contributed by atoms with Crippen molar-refractivity contribution in [2.45, 2.75) is 77.2 Å². The molecule has 3 unspecified atom stereocenters. The molecule has 0 bridgehead atoms. The minimum Gasteiger partial charge on any atom is -0.382 e. The Hall–Kier alpha value is -0.120. The van der Waals surface area contributed by atoms with Gasteiger partial charge in [0.15, 0.2) is 0 Å². The highest BCUT2D eigenvalue weighted by atomic mass is 16.5. The highest BCUT2D eigenvalue weighted by Crippen LogP contribution is 2.44. The van der Waals surface area contributed by atoms with Gasteiger partial charge in [0, 0.05) is 19.1 Å². The minimum absolute atomic E-state index is 0.00383. The van der Waals surface area contributed by atoms with Gasteiger partial charge in [0.25, 0.3) is 0 Å². The molecule has 18 heavy (non-hydrogen) atoms. The van der Waals surface area contributed by atoms with Crippen molar-refractivity contribution in [2.24, 2.45) is 5.92 Å². The third-order valence-electron chi connectivity index (χ3n) is 4.29. The van der Waals surface area contributed by atoms with Gasteiger partial charge in [0.05, 0.1) is 17.3 Å². The third kappa shape index (κ3) is 3.94. The summed E-state index contributed by atoms with van der Waals surface area (Å²) in [6, 6.07) is 0.499. The number of nitrogens with one attached hydrogen (secondary N) is 1. The summed E-state index contributed by atoms with van der Waals surface area (Å²) in [7, 11) is 3.84. The maximum absolute atomic E-state index is 6.19. The van der Waals surface area contributed by atoms with Crippen molar-refractivity contribution < 1.29 is 9.47 Å². The zero-order valence-corrected chi connectivity index (χ0v) is 13.2. The molecule has 108 valence electrons. The monoisotopic (exact) mass is 257 g/mol. The number of methoxy groups -OCH3 is 1. The van der Waals surface area contributed by atoms with Gasteiger partial charge < -0.3 is 14.8 Å². The van der Waals surface area contributed by atoms with E-state index in [0.717, 1.165) is 19.3 Å².